The minimum absolute atomic E-state index is 0.913. The predicted octanol–water partition coefficient (Wildman–Crippen LogP) is 4.88. The average Bonchev–Trinajstić information content (AvgIpc) is 3.13. The van der Waals surface area contributed by atoms with Crippen molar-refractivity contribution in [1.82, 2.24) is 4.58 Å². The largest absolute Gasteiger partial charge is 0.496 e. The first kappa shape index (κ1) is 12.4. The van der Waals surface area contributed by atoms with Crippen molar-refractivity contribution in [3.8, 4) is 0 Å². The quantitative estimate of drug-likeness (QED) is 0.458. The van der Waals surface area contributed by atoms with E-state index >= 15 is 0 Å². The van der Waals surface area contributed by atoms with Crippen molar-refractivity contribution in [2.75, 3.05) is 7.05 Å². The van der Waals surface area contributed by atoms with Crippen LogP contribution in [0.5, 0.6) is 0 Å². The molecule has 0 atom stereocenters. The van der Waals surface area contributed by atoms with Crippen molar-refractivity contribution in [3.05, 3.63) is 66.7 Å². The Morgan fingerprint density at radius 1 is 0.783 bits per heavy atom. The second kappa shape index (κ2) is 4.42. The summed E-state index contributed by atoms with van der Waals surface area (Å²) in [5, 5.41) is 2.28. The third-order valence-electron chi connectivity index (χ3n) is 4.35. The molecular weight excluding hydrogens is 284 g/mol. The van der Waals surface area contributed by atoms with E-state index in [1.165, 1.54) is 0 Å². The highest BCUT2D eigenvalue weighted by Gasteiger charge is 2.32. The molecule has 108 valence electrons. The second-order valence-corrected chi connectivity index (χ2v) is 5.76. The molecule has 0 bridgehead atoms. The van der Waals surface area contributed by atoms with Crippen molar-refractivity contribution in [2.24, 2.45) is 0 Å². The number of benzene rings is 3. The maximum Gasteiger partial charge on any atom is 0.496 e. The van der Waals surface area contributed by atoms with Crippen molar-refractivity contribution < 1.29 is 8.99 Å². The van der Waals surface area contributed by atoms with E-state index in [1.807, 2.05) is 42.0 Å². The highest BCUT2D eigenvalue weighted by atomic mass is 16.3. The fourth-order valence-corrected chi connectivity index (χ4v) is 3.24. The Bertz CT molecular complexity index is 1160. The van der Waals surface area contributed by atoms with E-state index in [0.717, 1.165) is 39.0 Å². The lowest BCUT2D eigenvalue weighted by atomic mass is 10.1. The van der Waals surface area contributed by atoms with Crippen molar-refractivity contribution >= 4 is 45.0 Å². The molecule has 0 saturated carbocycles. The van der Waals surface area contributed by atoms with Crippen LogP contribution in [0.3, 0.4) is 0 Å². The number of hydrogen-bond acceptors (Lipinski definition) is 1. The van der Waals surface area contributed by atoms with Crippen LogP contribution in [0.2, 0.25) is 0 Å². The molecule has 3 aromatic carbocycles. The van der Waals surface area contributed by atoms with E-state index in [0.29, 0.717) is 0 Å². The van der Waals surface area contributed by atoms with Crippen LogP contribution in [0, 0.1) is 0 Å². The molecule has 0 N–H and O–H groups in total. The standard InChI is InChI=1S/C20H14N2O/c1-21-13-22(18-8-4-3-7-17(18)21)14-10-11-20-16(12-14)15-6-2-5-9-19(15)23-20/h2-12H,1H3/q+2. The van der Waals surface area contributed by atoms with Crippen molar-refractivity contribution in [3.63, 3.8) is 0 Å². The molecule has 0 amide bonds. The summed E-state index contributed by atoms with van der Waals surface area (Å²) in [5.74, 6) is 0. The van der Waals surface area contributed by atoms with Gasteiger partial charge < -0.3 is 4.42 Å². The fourth-order valence-electron chi connectivity index (χ4n) is 3.24. The maximum absolute atomic E-state index is 5.91. The van der Waals surface area contributed by atoms with E-state index in [-0.39, 0.29) is 0 Å². The molecule has 3 heteroatoms. The molecule has 0 saturated heterocycles. The number of para-hydroxylation sites is 3. The SMILES string of the molecule is C[N+]1=C=[N+](c2ccc3oc4ccccc4c3c2)c2ccccc21. The summed E-state index contributed by atoms with van der Waals surface area (Å²) in [6.45, 7) is 0. The molecule has 0 spiro atoms. The molecule has 23 heavy (non-hydrogen) atoms. The van der Waals surface area contributed by atoms with Gasteiger partial charge >= 0.3 is 6.01 Å². The van der Waals surface area contributed by atoms with E-state index in [4.69, 9.17) is 4.42 Å². The van der Waals surface area contributed by atoms with Gasteiger partial charge in [-0.2, -0.15) is 0 Å². The van der Waals surface area contributed by atoms with Crippen LogP contribution in [0.1, 0.15) is 0 Å². The third-order valence-corrected chi connectivity index (χ3v) is 4.35. The molecule has 2 heterocycles. The number of nitrogens with zero attached hydrogens (tertiary/aromatic N) is 2. The molecule has 3 nitrogen and oxygen atoms in total. The molecule has 1 aliphatic heterocycles. The normalized spacial score (nSPS) is 13.3. The monoisotopic (exact) mass is 298 g/mol. The first-order valence-corrected chi connectivity index (χ1v) is 7.62. The summed E-state index contributed by atoms with van der Waals surface area (Å²) < 4.78 is 10.0. The van der Waals surface area contributed by atoms with E-state index in [2.05, 4.69) is 47.0 Å². The van der Waals surface area contributed by atoms with Crippen LogP contribution in [0.15, 0.2) is 71.1 Å². The molecule has 4 aromatic rings. The minimum Gasteiger partial charge on any atom is -0.456 e. The Balaban J connectivity index is 1.79. The smallest absolute Gasteiger partial charge is 0.456 e. The summed E-state index contributed by atoms with van der Waals surface area (Å²) in [6, 6.07) is 26.1. The first-order valence-electron chi connectivity index (χ1n) is 7.62. The van der Waals surface area contributed by atoms with Gasteiger partial charge in [-0.25, -0.2) is 0 Å². The molecule has 0 unspecified atom stereocenters. The Morgan fingerprint density at radius 2 is 1.52 bits per heavy atom. The van der Waals surface area contributed by atoms with Crippen LogP contribution in [0.4, 0.5) is 17.1 Å². The van der Waals surface area contributed by atoms with Gasteiger partial charge in [-0.1, -0.05) is 34.9 Å². The Hall–Kier alpha value is -3.16. The predicted molar refractivity (Wildman–Crippen MR) is 92.5 cm³/mol. The topological polar surface area (TPSA) is 19.2 Å². The number of hydrogen-bond donors (Lipinski definition) is 0. The molecule has 5 rings (SSSR count). The van der Waals surface area contributed by atoms with Crippen LogP contribution in [-0.4, -0.2) is 17.6 Å². The lowest BCUT2D eigenvalue weighted by Crippen LogP contribution is -1.98. The Labute approximate surface area is 133 Å². The van der Waals surface area contributed by atoms with Gasteiger partial charge in [-0.15, -0.1) is 0 Å². The zero-order valence-corrected chi connectivity index (χ0v) is 12.7. The molecule has 0 radical (unpaired) electrons. The van der Waals surface area contributed by atoms with Gasteiger partial charge in [0.05, 0.1) is 0 Å². The van der Waals surface area contributed by atoms with Crippen molar-refractivity contribution in [1.29, 1.82) is 0 Å². The zero-order valence-electron chi connectivity index (χ0n) is 12.7. The summed E-state index contributed by atoms with van der Waals surface area (Å²) >= 11 is 0. The molecule has 1 aliphatic rings. The first-order chi connectivity index (χ1) is 11.3. The van der Waals surface area contributed by atoms with E-state index in [1.54, 1.807) is 0 Å². The average molecular weight is 298 g/mol. The van der Waals surface area contributed by atoms with Crippen LogP contribution >= 0.6 is 0 Å². The lowest BCUT2D eigenvalue weighted by Gasteiger charge is -1.95. The highest BCUT2D eigenvalue weighted by molar-refractivity contribution is 6.06. The van der Waals surface area contributed by atoms with Crippen LogP contribution in [-0.2, 0) is 0 Å². The van der Waals surface area contributed by atoms with E-state index < -0.39 is 0 Å². The maximum atomic E-state index is 5.91. The van der Waals surface area contributed by atoms with E-state index in [9.17, 15) is 0 Å². The number of fused-ring (bicyclic) bond motifs is 4. The summed E-state index contributed by atoms with van der Waals surface area (Å²) in [5.41, 5.74) is 5.22. The number of furan rings is 1. The van der Waals surface area contributed by atoms with Crippen LogP contribution in [0.25, 0.3) is 21.9 Å². The van der Waals surface area contributed by atoms with Gasteiger partial charge in [-0.3, -0.25) is 0 Å². The Morgan fingerprint density at radius 3 is 2.43 bits per heavy atom. The molecule has 1 aromatic heterocycles. The molecule has 0 aliphatic carbocycles. The zero-order chi connectivity index (χ0) is 15.4. The van der Waals surface area contributed by atoms with Crippen LogP contribution < -0.4 is 4.58 Å². The minimum atomic E-state index is 0.913. The third kappa shape index (κ3) is 1.71. The number of rotatable bonds is 1. The van der Waals surface area contributed by atoms with Gasteiger partial charge in [0.1, 0.15) is 11.2 Å². The van der Waals surface area contributed by atoms with Gasteiger partial charge in [0, 0.05) is 35.0 Å². The molecule has 0 fully saturated rings. The lowest BCUT2D eigenvalue weighted by molar-refractivity contribution is -0.394. The highest BCUT2D eigenvalue weighted by Crippen LogP contribution is 2.35. The van der Waals surface area contributed by atoms with Gasteiger partial charge in [0.15, 0.2) is 7.05 Å². The Kier molecular flexibility index (Phi) is 2.38. The van der Waals surface area contributed by atoms with Crippen molar-refractivity contribution in [2.45, 2.75) is 0 Å². The fraction of sp³-hybridized carbons (Fsp3) is 0.0500. The van der Waals surface area contributed by atoms with Gasteiger partial charge in [0.2, 0.25) is 5.69 Å². The molecular formula is C20H14N2O+2. The summed E-state index contributed by atoms with van der Waals surface area (Å²) in [7, 11) is 2.02. The van der Waals surface area contributed by atoms with Gasteiger partial charge in [0.25, 0.3) is 11.4 Å². The second-order valence-electron chi connectivity index (χ2n) is 5.76. The summed E-state index contributed by atoms with van der Waals surface area (Å²) in [4.78, 5) is 0. The van der Waals surface area contributed by atoms with Gasteiger partial charge in [-0.05, 0) is 16.7 Å². The summed E-state index contributed by atoms with van der Waals surface area (Å²) in [6.07, 6.45) is 0.